The van der Waals surface area contributed by atoms with Gasteiger partial charge in [-0.15, -0.1) is 11.3 Å². The summed E-state index contributed by atoms with van der Waals surface area (Å²) in [6.45, 7) is 3.23. The maximum atomic E-state index is 11.6. The summed E-state index contributed by atoms with van der Waals surface area (Å²) in [5.74, 6) is 0.731. The number of hydrogen-bond donors (Lipinski definition) is 2. The Morgan fingerprint density at radius 3 is 2.27 bits per heavy atom. The maximum absolute atomic E-state index is 11.6. The Morgan fingerprint density at radius 1 is 1.00 bits per heavy atom. The maximum Gasteiger partial charge on any atom is 0.348 e. The number of carboxylic acids is 1. The van der Waals surface area contributed by atoms with Crippen molar-refractivity contribution in [1.82, 2.24) is 0 Å². The molecule has 3 nitrogen and oxygen atoms in total. The molecule has 0 aliphatic heterocycles. The smallest absolute Gasteiger partial charge is 0.348 e. The van der Waals surface area contributed by atoms with Crippen LogP contribution in [-0.2, 0) is 12.8 Å². The summed E-state index contributed by atoms with van der Waals surface area (Å²) in [6, 6.07) is 10.9. The molecule has 1 aromatic heterocycles. The summed E-state index contributed by atoms with van der Waals surface area (Å²) < 4.78 is 0. The molecule has 4 heteroatoms. The Labute approximate surface area is 203 Å². The zero-order valence-corrected chi connectivity index (χ0v) is 20.9. The Bertz CT molecular complexity index is 927. The minimum atomic E-state index is -0.808. The highest BCUT2D eigenvalue weighted by atomic mass is 32.1. The zero-order valence-electron chi connectivity index (χ0n) is 20.1. The zero-order chi connectivity index (χ0) is 23.0. The van der Waals surface area contributed by atoms with Crippen LogP contribution in [0.15, 0.2) is 36.4 Å². The molecule has 3 aliphatic rings. The Morgan fingerprint density at radius 2 is 1.67 bits per heavy atom. The summed E-state index contributed by atoms with van der Waals surface area (Å²) in [7, 11) is 0. The second-order valence-corrected chi connectivity index (χ2v) is 11.2. The predicted octanol–water partition coefficient (Wildman–Crippen LogP) is 8.21. The highest BCUT2D eigenvalue weighted by Gasteiger charge is 2.21. The predicted molar refractivity (Wildman–Crippen MR) is 140 cm³/mol. The molecule has 1 fully saturated rings. The quantitative estimate of drug-likeness (QED) is 0.468. The standard InChI is InChI=1S/C19H27NO2S.C10H12/c1-13-7-9-14(10-8-13)12-20-16-11-17(23-18(16)19(21)22)15-5-3-2-4-6-15;1-2-6-10-8-4-3-7-9(10)5-1/h5,11,13-14,20H,2-4,6-10,12H2,1H3,(H,21,22);1-2,5-6H,3-4,7-8H2. The van der Waals surface area contributed by atoms with Gasteiger partial charge in [0.1, 0.15) is 4.88 Å². The van der Waals surface area contributed by atoms with Crippen LogP contribution in [0.25, 0.3) is 5.57 Å². The van der Waals surface area contributed by atoms with E-state index in [1.54, 1.807) is 11.1 Å². The Hall–Kier alpha value is -2.07. The Balaban J connectivity index is 0.000000214. The van der Waals surface area contributed by atoms with Gasteiger partial charge in [-0.05, 0) is 98.8 Å². The first-order valence-electron chi connectivity index (χ1n) is 13.0. The molecule has 0 spiro atoms. The molecule has 0 radical (unpaired) electrons. The van der Waals surface area contributed by atoms with Gasteiger partial charge in [0.05, 0.1) is 5.69 Å². The van der Waals surface area contributed by atoms with Gasteiger partial charge in [-0.1, -0.05) is 50.1 Å². The van der Waals surface area contributed by atoms with Crippen LogP contribution in [0, 0.1) is 11.8 Å². The molecule has 2 aromatic rings. The fourth-order valence-corrected chi connectivity index (χ4v) is 6.41. The minimum absolute atomic E-state index is 0.468. The topological polar surface area (TPSA) is 49.3 Å². The fourth-order valence-electron chi connectivity index (χ4n) is 5.37. The highest BCUT2D eigenvalue weighted by Crippen LogP contribution is 2.37. The van der Waals surface area contributed by atoms with E-state index >= 15 is 0 Å². The molecule has 3 aliphatic carbocycles. The van der Waals surface area contributed by atoms with E-state index < -0.39 is 5.97 Å². The molecule has 0 unspecified atom stereocenters. The molecule has 1 heterocycles. The van der Waals surface area contributed by atoms with Crippen LogP contribution >= 0.6 is 11.3 Å². The number of aromatic carboxylic acids is 1. The van der Waals surface area contributed by atoms with E-state index in [0.717, 1.165) is 35.9 Å². The van der Waals surface area contributed by atoms with E-state index in [2.05, 4.69) is 48.6 Å². The Kier molecular flexibility index (Phi) is 8.66. The second kappa shape index (κ2) is 11.9. The molecule has 2 N–H and O–H groups in total. The van der Waals surface area contributed by atoms with Gasteiger partial charge < -0.3 is 10.4 Å². The molecular formula is C29H39NO2S. The lowest BCUT2D eigenvalue weighted by molar-refractivity contribution is 0.0703. The van der Waals surface area contributed by atoms with Gasteiger partial charge in [0.15, 0.2) is 0 Å². The van der Waals surface area contributed by atoms with Gasteiger partial charge in [0.2, 0.25) is 0 Å². The van der Waals surface area contributed by atoms with E-state index in [9.17, 15) is 9.90 Å². The van der Waals surface area contributed by atoms with E-state index in [4.69, 9.17) is 0 Å². The molecule has 178 valence electrons. The number of carbonyl (C=O) groups is 1. The summed E-state index contributed by atoms with van der Waals surface area (Å²) in [5.41, 5.74) is 5.31. The first-order chi connectivity index (χ1) is 16.1. The van der Waals surface area contributed by atoms with Crippen LogP contribution in [0.4, 0.5) is 5.69 Å². The summed E-state index contributed by atoms with van der Waals surface area (Å²) in [6.07, 6.45) is 17.5. The third-order valence-electron chi connectivity index (χ3n) is 7.51. The number of thiophene rings is 1. The monoisotopic (exact) mass is 465 g/mol. The second-order valence-electron chi connectivity index (χ2n) is 10.1. The number of benzene rings is 1. The van der Waals surface area contributed by atoms with Gasteiger partial charge in [0.25, 0.3) is 0 Å². The first kappa shape index (κ1) is 24.1. The van der Waals surface area contributed by atoms with Crippen molar-refractivity contribution in [1.29, 1.82) is 0 Å². The lowest BCUT2D eigenvalue weighted by Crippen LogP contribution is -2.20. The van der Waals surface area contributed by atoms with Crippen LogP contribution in [0.2, 0.25) is 0 Å². The van der Waals surface area contributed by atoms with Crippen LogP contribution in [-0.4, -0.2) is 17.6 Å². The summed E-state index contributed by atoms with van der Waals surface area (Å²) in [5, 5.41) is 12.9. The SMILES string of the molecule is CC1CCC(CNc2cc(C3=CCCCC3)sc2C(=O)O)CC1.c1ccc2c(c1)CCCC2. The molecule has 33 heavy (non-hydrogen) atoms. The molecule has 0 bridgehead atoms. The largest absolute Gasteiger partial charge is 0.477 e. The normalized spacial score (nSPS) is 22.4. The third-order valence-corrected chi connectivity index (χ3v) is 8.71. The average molecular weight is 466 g/mol. The number of rotatable bonds is 5. The number of fused-ring (bicyclic) bond motifs is 1. The lowest BCUT2D eigenvalue weighted by atomic mass is 9.83. The van der Waals surface area contributed by atoms with E-state index in [1.807, 2.05) is 0 Å². The van der Waals surface area contributed by atoms with E-state index in [-0.39, 0.29) is 0 Å². The summed E-state index contributed by atoms with van der Waals surface area (Å²) in [4.78, 5) is 13.2. The number of carboxylic acid groups (broad SMARTS) is 1. The third kappa shape index (κ3) is 6.72. The van der Waals surface area contributed by atoms with Crippen LogP contribution in [0.1, 0.15) is 96.8 Å². The van der Waals surface area contributed by atoms with Crippen molar-refractivity contribution in [2.24, 2.45) is 11.8 Å². The van der Waals surface area contributed by atoms with E-state index in [1.165, 1.54) is 81.1 Å². The molecule has 0 atom stereocenters. The molecule has 1 aromatic carbocycles. The number of hydrogen-bond acceptors (Lipinski definition) is 3. The molecule has 0 amide bonds. The number of aryl methyl sites for hydroxylation is 2. The lowest BCUT2D eigenvalue weighted by Gasteiger charge is -2.26. The molecule has 0 saturated heterocycles. The number of nitrogens with one attached hydrogen (secondary N) is 1. The van der Waals surface area contributed by atoms with Crippen LogP contribution in [0.3, 0.4) is 0 Å². The molecular weight excluding hydrogens is 426 g/mol. The number of anilines is 1. The molecule has 1 saturated carbocycles. The van der Waals surface area contributed by atoms with E-state index in [0.29, 0.717) is 10.8 Å². The van der Waals surface area contributed by atoms with Crippen molar-refractivity contribution in [2.45, 2.75) is 84.0 Å². The molecule has 5 rings (SSSR count). The van der Waals surface area contributed by atoms with Gasteiger partial charge in [-0.25, -0.2) is 4.79 Å². The van der Waals surface area contributed by atoms with Crippen molar-refractivity contribution in [2.75, 3.05) is 11.9 Å². The van der Waals surface area contributed by atoms with Crippen molar-refractivity contribution in [3.05, 3.63) is 57.3 Å². The van der Waals surface area contributed by atoms with Gasteiger partial charge in [0, 0.05) is 11.4 Å². The minimum Gasteiger partial charge on any atom is -0.477 e. The first-order valence-corrected chi connectivity index (χ1v) is 13.8. The van der Waals surface area contributed by atoms with Gasteiger partial charge in [-0.2, -0.15) is 0 Å². The van der Waals surface area contributed by atoms with Crippen molar-refractivity contribution in [3.8, 4) is 0 Å². The van der Waals surface area contributed by atoms with Gasteiger partial charge >= 0.3 is 5.97 Å². The van der Waals surface area contributed by atoms with Crippen molar-refractivity contribution < 1.29 is 9.90 Å². The average Bonchev–Trinajstić information content (AvgIpc) is 3.30. The van der Waals surface area contributed by atoms with Crippen LogP contribution < -0.4 is 5.32 Å². The van der Waals surface area contributed by atoms with Crippen LogP contribution in [0.5, 0.6) is 0 Å². The van der Waals surface area contributed by atoms with Crippen molar-refractivity contribution in [3.63, 3.8) is 0 Å². The van der Waals surface area contributed by atoms with Gasteiger partial charge in [-0.3, -0.25) is 0 Å². The number of allylic oxidation sites excluding steroid dienone is 2. The van der Waals surface area contributed by atoms with Crippen molar-refractivity contribution >= 4 is 28.6 Å². The fraction of sp³-hybridized carbons (Fsp3) is 0.552. The summed E-state index contributed by atoms with van der Waals surface area (Å²) >= 11 is 1.43. The highest BCUT2D eigenvalue weighted by molar-refractivity contribution is 7.15.